The molecule has 8 nitrogen and oxygen atoms in total. The second kappa shape index (κ2) is 9.58. The number of nitrogens with zero attached hydrogens (tertiary/aromatic N) is 5. The van der Waals surface area contributed by atoms with E-state index in [0.29, 0.717) is 29.4 Å². The van der Waals surface area contributed by atoms with Crippen molar-refractivity contribution in [1.29, 1.82) is 0 Å². The van der Waals surface area contributed by atoms with Gasteiger partial charge in [0.15, 0.2) is 11.6 Å². The van der Waals surface area contributed by atoms with E-state index in [-0.39, 0.29) is 36.4 Å². The summed E-state index contributed by atoms with van der Waals surface area (Å²) in [6.07, 6.45) is 6.22. The third-order valence-corrected chi connectivity index (χ3v) is 7.45. The van der Waals surface area contributed by atoms with Crippen molar-refractivity contribution in [2.24, 2.45) is 0 Å². The number of anilines is 1. The van der Waals surface area contributed by atoms with Crippen molar-refractivity contribution in [3.63, 3.8) is 0 Å². The molecular weight excluding hydrogens is 516 g/mol. The molecule has 0 unspecified atom stereocenters. The lowest BCUT2D eigenvalue weighted by atomic mass is 9.93. The summed E-state index contributed by atoms with van der Waals surface area (Å²) >= 11 is 0. The van der Waals surface area contributed by atoms with Gasteiger partial charge in [-0.25, -0.2) is 14.4 Å². The van der Waals surface area contributed by atoms with E-state index in [1.165, 1.54) is 18.6 Å². The lowest BCUT2D eigenvalue weighted by Crippen LogP contribution is -2.28. The minimum Gasteiger partial charge on any atom is -0.358 e. The van der Waals surface area contributed by atoms with Crippen LogP contribution in [0.4, 0.5) is 23.4 Å². The molecule has 2 saturated carbocycles. The molecule has 0 aliphatic heterocycles. The summed E-state index contributed by atoms with van der Waals surface area (Å²) in [5.74, 6) is -1.09. The third-order valence-electron chi connectivity index (χ3n) is 7.45. The van der Waals surface area contributed by atoms with Crippen molar-refractivity contribution in [2.45, 2.75) is 62.6 Å². The van der Waals surface area contributed by atoms with Gasteiger partial charge in [-0.3, -0.25) is 9.48 Å². The Morgan fingerprint density at radius 1 is 1.10 bits per heavy atom. The maximum atomic E-state index is 14.8. The van der Waals surface area contributed by atoms with Crippen LogP contribution in [0.2, 0.25) is 0 Å². The number of benzene rings is 1. The molecule has 0 bridgehead atoms. The fourth-order valence-electron chi connectivity index (χ4n) is 4.68. The van der Waals surface area contributed by atoms with Crippen molar-refractivity contribution < 1.29 is 26.9 Å². The predicted octanol–water partition coefficient (Wildman–Crippen LogP) is 5.56. The van der Waals surface area contributed by atoms with Gasteiger partial charge in [-0.1, -0.05) is 17.3 Å². The van der Waals surface area contributed by atoms with Crippen molar-refractivity contribution in [2.75, 3.05) is 5.32 Å². The van der Waals surface area contributed by atoms with Crippen molar-refractivity contribution in [3.8, 4) is 11.1 Å². The van der Waals surface area contributed by atoms with Crippen LogP contribution in [0.3, 0.4) is 0 Å². The molecule has 1 aromatic carbocycles. The molecule has 2 fully saturated rings. The average Bonchev–Trinajstić information content (AvgIpc) is 3.38. The van der Waals surface area contributed by atoms with Crippen LogP contribution in [0, 0.1) is 5.82 Å². The molecule has 0 spiro atoms. The van der Waals surface area contributed by atoms with Crippen LogP contribution in [0.1, 0.15) is 60.9 Å². The first-order valence-electron chi connectivity index (χ1n) is 12.7. The van der Waals surface area contributed by atoms with Gasteiger partial charge in [0.1, 0.15) is 17.1 Å². The molecule has 0 atom stereocenters. The Hall–Kier alpha value is -4.09. The monoisotopic (exact) mass is 540 g/mol. The molecule has 2 aliphatic carbocycles. The topological polar surface area (TPSA) is 98.7 Å². The zero-order chi connectivity index (χ0) is 27.2. The Morgan fingerprint density at radius 2 is 1.87 bits per heavy atom. The standard InChI is InChI=1S/C27H24F4N6O2/c28-21-9-17(19-13-32-23(33-14-19)8-16-12-34-37(15-16)20-2-1-3-20)4-5-18(21)10-25(38)35-24-11-22(39-36-24)26(6-7-26)27(29,30)31/h4-5,9,11-15,20H,1-3,6-8,10H2,(H,35,36,38). The number of nitrogens with one attached hydrogen (secondary N) is 1. The van der Waals surface area contributed by atoms with Gasteiger partial charge in [0.05, 0.1) is 18.7 Å². The highest BCUT2D eigenvalue weighted by atomic mass is 19.4. The lowest BCUT2D eigenvalue weighted by molar-refractivity contribution is -0.165. The molecule has 0 radical (unpaired) electrons. The molecular formula is C27H24F4N6O2. The van der Waals surface area contributed by atoms with E-state index in [9.17, 15) is 22.4 Å². The van der Waals surface area contributed by atoms with Gasteiger partial charge in [0, 0.05) is 36.6 Å². The number of aromatic nitrogens is 5. The van der Waals surface area contributed by atoms with Crippen molar-refractivity contribution in [3.05, 3.63) is 77.6 Å². The molecule has 12 heteroatoms. The van der Waals surface area contributed by atoms with E-state index in [1.807, 2.05) is 17.1 Å². The largest absolute Gasteiger partial charge is 0.401 e. The summed E-state index contributed by atoms with van der Waals surface area (Å²) in [6, 6.07) is 5.98. The molecule has 1 amide bonds. The first-order valence-corrected chi connectivity index (χ1v) is 12.7. The first-order chi connectivity index (χ1) is 18.7. The summed E-state index contributed by atoms with van der Waals surface area (Å²) in [7, 11) is 0. The van der Waals surface area contributed by atoms with Crippen LogP contribution in [-0.4, -0.2) is 37.0 Å². The zero-order valence-corrected chi connectivity index (χ0v) is 20.7. The fraction of sp³-hybridized carbons (Fsp3) is 0.370. The molecule has 0 saturated heterocycles. The summed E-state index contributed by atoms with van der Waals surface area (Å²) in [6.45, 7) is 0. The quantitative estimate of drug-likeness (QED) is 0.294. The Bertz CT molecular complexity index is 1500. The van der Waals surface area contributed by atoms with Gasteiger partial charge in [0.25, 0.3) is 0 Å². The zero-order valence-electron chi connectivity index (χ0n) is 20.7. The molecule has 39 heavy (non-hydrogen) atoms. The molecule has 6 rings (SSSR count). The van der Waals surface area contributed by atoms with Crippen molar-refractivity contribution in [1.82, 2.24) is 24.9 Å². The Labute approximate surface area is 220 Å². The van der Waals surface area contributed by atoms with E-state index in [1.54, 1.807) is 18.5 Å². The van der Waals surface area contributed by atoms with Gasteiger partial charge in [-0.2, -0.15) is 18.3 Å². The predicted molar refractivity (Wildman–Crippen MR) is 131 cm³/mol. The average molecular weight is 541 g/mol. The number of rotatable bonds is 8. The van der Waals surface area contributed by atoms with Crippen LogP contribution in [0.5, 0.6) is 0 Å². The smallest absolute Gasteiger partial charge is 0.358 e. The summed E-state index contributed by atoms with van der Waals surface area (Å²) < 4.78 is 61.4. The normalized spacial score (nSPS) is 16.6. The molecule has 3 aromatic heterocycles. The highest BCUT2D eigenvalue weighted by molar-refractivity contribution is 5.91. The summed E-state index contributed by atoms with van der Waals surface area (Å²) in [4.78, 5) is 21.2. The van der Waals surface area contributed by atoms with Gasteiger partial charge in [0.2, 0.25) is 5.91 Å². The first kappa shape index (κ1) is 25.2. The van der Waals surface area contributed by atoms with E-state index in [2.05, 4.69) is 25.5 Å². The van der Waals surface area contributed by atoms with E-state index in [4.69, 9.17) is 4.52 Å². The fourth-order valence-corrected chi connectivity index (χ4v) is 4.68. The highest BCUT2D eigenvalue weighted by Gasteiger charge is 2.66. The molecule has 1 N–H and O–H groups in total. The van der Waals surface area contributed by atoms with E-state index < -0.39 is 23.3 Å². The number of hydrogen-bond donors (Lipinski definition) is 1. The van der Waals surface area contributed by atoms with Crippen LogP contribution in [-0.2, 0) is 23.1 Å². The number of amides is 1. The van der Waals surface area contributed by atoms with Crippen LogP contribution in [0.15, 0.2) is 53.6 Å². The number of hydrogen-bond acceptors (Lipinski definition) is 6. The Morgan fingerprint density at radius 3 is 2.51 bits per heavy atom. The Kier molecular flexibility index (Phi) is 6.19. The third kappa shape index (κ3) is 5.02. The van der Waals surface area contributed by atoms with E-state index in [0.717, 1.165) is 24.5 Å². The number of halogens is 4. The Balaban J connectivity index is 1.07. The SMILES string of the molecule is O=C(Cc1ccc(-c2cnc(Cc3cnn(C4CCC4)c3)nc2)cc1F)Nc1cc(C2(C(F)(F)F)CC2)on1. The second-order valence-corrected chi connectivity index (χ2v) is 10.2. The van der Waals surface area contributed by atoms with Crippen LogP contribution < -0.4 is 5.32 Å². The van der Waals surface area contributed by atoms with Gasteiger partial charge in [-0.15, -0.1) is 0 Å². The highest BCUT2D eigenvalue weighted by Crippen LogP contribution is 2.59. The maximum absolute atomic E-state index is 14.8. The molecule has 3 heterocycles. The minimum atomic E-state index is -4.45. The van der Waals surface area contributed by atoms with Gasteiger partial charge < -0.3 is 9.84 Å². The molecule has 2 aliphatic rings. The van der Waals surface area contributed by atoms with Gasteiger partial charge >= 0.3 is 6.18 Å². The van der Waals surface area contributed by atoms with E-state index >= 15 is 0 Å². The van der Waals surface area contributed by atoms with Gasteiger partial charge in [-0.05, 0) is 54.9 Å². The summed E-state index contributed by atoms with van der Waals surface area (Å²) in [5.41, 5.74) is 0.273. The maximum Gasteiger partial charge on any atom is 0.401 e. The molecule has 4 aromatic rings. The van der Waals surface area contributed by atoms with Crippen LogP contribution >= 0.6 is 0 Å². The summed E-state index contributed by atoms with van der Waals surface area (Å²) in [5, 5.41) is 10.3. The van der Waals surface area contributed by atoms with Crippen LogP contribution in [0.25, 0.3) is 11.1 Å². The van der Waals surface area contributed by atoms with Crippen molar-refractivity contribution >= 4 is 11.7 Å². The number of carbonyl (C=O) groups is 1. The second-order valence-electron chi connectivity index (χ2n) is 10.2. The number of carbonyl (C=O) groups excluding carboxylic acids is 1. The minimum absolute atomic E-state index is 0.0869. The molecule has 202 valence electrons. The number of alkyl halides is 3. The lowest BCUT2D eigenvalue weighted by Gasteiger charge is -2.25.